The minimum absolute atomic E-state index is 0.435. The molecular weight excluding hydrogens is 248 g/mol. The van der Waals surface area contributed by atoms with E-state index in [4.69, 9.17) is 23.1 Å². The predicted molar refractivity (Wildman–Crippen MR) is 75.7 cm³/mol. The molecule has 1 aromatic heterocycles. The summed E-state index contributed by atoms with van der Waals surface area (Å²) < 4.78 is 1.59. The fourth-order valence-corrected chi connectivity index (χ4v) is 2.17. The molecule has 0 saturated carbocycles. The molecule has 2 rings (SSSR count). The lowest BCUT2D eigenvalue weighted by molar-refractivity contribution is 0.767. The lowest BCUT2D eigenvalue weighted by Crippen LogP contribution is -2.02. The van der Waals surface area contributed by atoms with Crippen molar-refractivity contribution < 1.29 is 0 Å². The molecular formula is C13H15ClN4. The maximum Gasteiger partial charge on any atom is 0.130 e. The summed E-state index contributed by atoms with van der Waals surface area (Å²) in [4.78, 5) is 0. The molecule has 4 nitrogen and oxygen atoms in total. The Hall–Kier alpha value is -1.94. The third kappa shape index (κ3) is 2.07. The molecule has 0 aliphatic carbocycles. The summed E-state index contributed by atoms with van der Waals surface area (Å²) in [6, 6.07) is 9.55. The highest BCUT2D eigenvalue weighted by atomic mass is 35.5. The number of hydrogen-bond acceptors (Lipinski definition) is 3. The van der Waals surface area contributed by atoms with E-state index < -0.39 is 0 Å². The second-order valence-electron chi connectivity index (χ2n) is 4.06. The van der Waals surface area contributed by atoms with Gasteiger partial charge in [0.15, 0.2) is 0 Å². The first-order chi connectivity index (χ1) is 8.52. The average Bonchev–Trinajstić information content (AvgIpc) is 2.63. The van der Waals surface area contributed by atoms with Crippen molar-refractivity contribution in [1.82, 2.24) is 9.78 Å². The molecule has 0 amide bonds. The molecule has 94 valence electrons. The van der Waals surface area contributed by atoms with E-state index in [1.807, 2.05) is 37.3 Å². The summed E-state index contributed by atoms with van der Waals surface area (Å²) in [6.07, 6.45) is 0. The zero-order valence-corrected chi connectivity index (χ0v) is 11.1. The number of aryl methyl sites for hydroxylation is 2. The molecule has 0 fully saturated rings. The second kappa shape index (κ2) is 4.74. The minimum Gasteiger partial charge on any atom is -0.397 e. The van der Waals surface area contributed by atoms with E-state index in [9.17, 15) is 0 Å². The van der Waals surface area contributed by atoms with E-state index in [0.717, 1.165) is 11.3 Å². The molecule has 0 spiro atoms. The van der Waals surface area contributed by atoms with Crippen LogP contribution in [0.15, 0.2) is 30.3 Å². The number of benzene rings is 1. The number of nitrogens with zero attached hydrogens (tertiary/aromatic N) is 2. The standard InChI is InChI=1S/C13H15ClN4/c1-8-10(13(16)18(2)17-8)11(14)12(15)9-6-4-3-5-7-9/h3-7H,15-16H2,1-2H3/b12-11+. The van der Waals surface area contributed by atoms with Crippen molar-refractivity contribution in [3.05, 3.63) is 47.2 Å². The van der Waals surface area contributed by atoms with Crippen LogP contribution in [0.25, 0.3) is 10.7 Å². The summed E-state index contributed by atoms with van der Waals surface area (Å²) in [5.41, 5.74) is 14.8. The molecule has 0 aliphatic heterocycles. The highest BCUT2D eigenvalue weighted by Crippen LogP contribution is 2.32. The molecule has 4 N–H and O–H groups in total. The first-order valence-corrected chi connectivity index (χ1v) is 5.90. The van der Waals surface area contributed by atoms with Crippen LogP contribution >= 0.6 is 11.6 Å². The first kappa shape index (κ1) is 12.5. The Labute approximate surface area is 111 Å². The van der Waals surface area contributed by atoms with E-state index in [-0.39, 0.29) is 0 Å². The maximum atomic E-state index is 6.34. The molecule has 0 atom stereocenters. The summed E-state index contributed by atoms with van der Waals surface area (Å²) in [5.74, 6) is 0.511. The van der Waals surface area contributed by atoms with Crippen molar-refractivity contribution in [2.45, 2.75) is 6.92 Å². The van der Waals surface area contributed by atoms with Gasteiger partial charge in [0.1, 0.15) is 5.82 Å². The van der Waals surface area contributed by atoms with Gasteiger partial charge < -0.3 is 11.5 Å². The number of nitrogen functional groups attached to an aromatic ring is 1. The van der Waals surface area contributed by atoms with Crippen molar-refractivity contribution >= 4 is 28.1 Å². The van der Waals surface area contributed by atoms with Crippen LogP contribution in [0.2, 0.25) is 0 Å². The number of rotatable bonds is 2. The van der Waals surface area contributed by atoms with Crippen molar-refractivity contribution in [3.63, 3.8) is 0 Å². The Morgan fingerprint density at radius 1 is 1.28 bits per heavy atom. The summed E-state index contributed by atoms with van der Waals surface area (Å²) in [5, 5.41) is 4.66. The fourth-order valence-electron chi connectivity index (χ4n) is 1.83. The molecule has 1 heterocycles. The second-order valence-corrected chi connectivity index (χ2v) is 4.44. The van der Waals surface area contributed by atoms with Gasteiger partial charge in [0.05, 0.1) is 22.0 Å². The quantitative estimate of drug-likeness (QED) is 0.873. The summed E-state index contributed by atoms with van der Waals surface area (Å²) >= 11 is 6.34. The zero-order valence-electron chi connectivity index (χ0n) is 10.3. The number of nitrogens with two attached hydrogens (primary N) is 2. The maximum absolute atomic E-state index is 6.34. The minimum atomic E-state index is 0.435. The Kier molecular flexibility index (Phi) is 3.30. The SMILES string of the molecule is Cc1nn(C)c(N)c1/C(Cl)=C(\N)c1ccccc1. The van der Waals surface area contributed by atoms with Crippen molar-refractivity contribution in [2.75, 3.05) is 5.73 Å². The molecule has 0 unspecified atom stereocenters. The van der Waals surface area contributed by atoms with Gasteiger partial charge in [-0.25, -0.2) is 0 Å². The highest BCUT2D eigenvalue weighted by molar-refractivity contribution is 6.53. The predicted octanol–water partition coefficient (Wildman–Crippen LogP) is 2.33. The van der Waals surface area contributed by atoms with Crippen LogP contribution in [0.5, 0.6) is 0 Å². The Morgan fingerprint density at radius 2 is 1.89 bits per heavy atom. The van der Waals surface area contributed by atoms with Gasteiger partial charge >= 0.3 is 0 Å². The van der Waals surface area contributed by atoms with Gasteiger partial charge in [-0.1, -0.05) is 41.9 Å². The van der Waals surface area contributed by atoms with Gasteiger partial charge in [0.25, 0.3) is 0 Å². The summed E-state index contributed by atoms with van der Waals surface area (Å²) in [6.45, 7) is 1.85. The Bertz CT molecular complexity index is 599. The van der Waals surface area contributed by atoms with Crippen molar-refractivity contribution in [1.29, 1.82) is 0 Å². The molecule has 1 aromatic carbocycles. The lowest BCUT2D eigenvalue weighted by atomic mass is 10.1. The average molecular weight is 263 g/mol. The monoisotopic (exact) mass is 262 g/mol. The van der Waals surface area contributed by atoms with Crippen LogP contribution in [0.3, 0.4) is 0 Å². The summed E-state index contributed by atoms with van der Waals surface area (Å²) in [7, 11) is 1.77. The zero-order chi connectivity index (χ0) is 13.3. The van der Waals surface area contributed by atoms with Crippen LogP contribution in [0, 0.1) is 6.92 Å². The molecule has 0 saturated heterocycles. The first-order valence-electron chi connectivity index (χ1n) is 5.52. The van der Waals surface area contributed by atoms with Gasteiger partial charge in [0.2, 0.25) is 0 Å². The van der Waals surface area contributed by atoms with Gasteiger partial charge in [-0.2, -0.15) is 5.10 Å². The Balaban J connectivity index is 2.57. The molecule has 5 heteroatoms. The smallest absolute Gasteiger partial charge is 0.130 e. The lowest BCUT2D eigenvalue weighted by Gasteiger charge is -2.06. The van der Waals surface area contributed by atoms with E-state index in [1.165, 1.54) is 0 Å². The number of aromatic nitrogens is 2. The third-order valence-corrected chi connectivity index (χ3v) is 3.20. The van der Waals surface area contributed by atoms with Crippen LogP contribution in [0.1, 0.15) is 16.8 Å². The largest absolute Gasteiger partial charge is 0.397 e. The number of halogens is 1. The normalized spacial score (nSPS) is 12.4. The van der Waals surface area contributed by atoms with E-state index in [1.54, 1.807) is 11.7 Å². The van der Waals surface area contributed by atoms with E-state index in [0.29, 0.717) is 22.1 Å². The van der Waals surface area contributed by atoms with Crippen LogP contribution in [-0.4, -0.2) is 9.78 Å². The van der Waals surface area contributed by atoms with Gasteiger partial charge in [-0.15, -0.1) is 0 Å². The molecule has 2 aromatic rings. The van der Waals surface area contributed by atoms with Gasteiger partial charge in [-0.3, -0.25) is 4.68 Å². The topological polar surface area (TPSA) is 69.9 Å². The Morgan fingerprint density at radius 3 is 2.39 bits per heavy atom. The number of anilines is 1. The molecule has 0 radical (unpaired) electrons. The van der Waals surface area contributed by atoms with Gasteiger partial charge in [0, 0.05) is 7.05 Å². The molecule has 0 bridgehead atoms. The van der Waals surface area contributed by atoms with Crippen LogP contribution < -0.4 is 11.5 Å². The fraction of sp³-hybridized carbons (Fsp3) is 0.154. The van der Waals surface area contributed by atoms with Crippen molar-refractivity contribution in [2.24, 2.45) is 12.8 Å². The molecule has 0 aliphatic rings. The van der Waals surface area contributed by atoms with E-state index in [2.05, 4.69) is 5.10 Å². The van der Waals surface area contributed by atoms with Crippen molar-refractivity contribution in [3.8, 4) is 0 Å². The molecule has 18 heavy (non-hydrogen) atoms. The van der Waals surface area contributed by atoms with Gasteiger partial charge in [-0.05, 0) is 12.5 Å². The number of hydrogen-bond donors (Lipinski definition) is 2. The van der Waals surface area contributed by atoms with Crippen LogP contribution in [0.4, 0.5) is 5.82 Å². The highest BCUT2D eigenvalue weighted by Gasteiger charge is 2.16. The van der Waals surface area contributed by atoms with E-state index >= 15 is 0 Å². The van der Waals surface area contributed by atoms with Crippen LogP contribution in [-0.2, 0) is 7.05 Å². The third-order valence-electron chi connectivity index (χ3n) is 2.81.